The van der Waals surface area contributed by atoms with Gasteiger partial charge >= 0.3 is 5.97 Å². The highest BCUT2D eigenvalue weighted by atomic mass is 35.5. The van der Waals surface area contributed by atoms with E-state index in [0.29, 0.717) is 16.4 Å². The van der Waals surface area contributed by atoms with Gasteiger partial charge < -0.3 is 5.11 Å². The standard InChI is InChI=1S/C13H8ClN3O2/c14-9-3-1-2-8(6-9)10-7-11(13(18)19)17-12(16-10)4-5-15-17/h1-7H,(H,18,19). The van der Waals surface area contributed by atoms with E-state index in [1.54, 1.807) is 24.3 Å². The Morgan fingerprint density at radius 1 is 1.26 bits per heavy atom. The average molecular weight is 274 g/mol. The highest BCUT2D eigenvalue weighted by Gasteiger charge is 2.13. The van der Waals surface area contributed by atoms with Gasteiger partial charge in [-0.05, 0) is 18.2 Å². The van der Waals surface area contributed by atoms with Crippen LogP contribution in [0.25, 0.3) is 16.9 Å². The Morgan fingerprint density at radius 3 is 2.84 bits per heavy atom. The summed E-state index contributed by atoms with van der Waals surface area (Å²) in [6.07, 6.45) is 1.51. The molecule has 5 nitrogen and oxygen atoms in total. The summed E-state index contributed by atoms with van der Waals surface area (Å²) >= 11 is 5.93. The first-order valence-corrected chi connectivity index (χ1v) is 5.87. The molecule has 0 amide bonds. The number of aromatic carboxylic acids is 1. The highest BCUT2D eigenvalue weighted by Crippen LogP contribution is 2.22. The molecule has 1 N–H and O–H groups in total. The van der Waals surface area contributed by atoms with Crippen molar-refractivity contribution in [2.75, 3.05) is 0 Å². The largest absolute Gasteiger partial charge is 0.477 e. The van der Waals surface area contributed by atoms with Crippen LogP contribution in [0.15, 0.2) is 42.6 Å². The molecule has 6 heteroatoms. The van der Waals surface area contributed by atoms with Crippen LogP contribution < -0.4 is 0 Å². The zero-order valence-corrected chi connectivity index (χ0v) is 10.4. The lowest BCUT2D eigenvalue weighted by Gasteiger charge is -2.05. The maximum absolute atomic E-state index is 11.2. The summed E-state index contributed by atoms with van der Waals surface area (Å²) < 4.78 is 1.29. The highest BCUT2D eigenvalue weighted by molar-refractivity contribution is 6.30. The van der Waals surface area contributed by atoms with Crippen LogP contribution >= 0.6 is 11.6 Å². The molecule has 1 aromatic carbocycles. The summed E-state index contributed by atoms with van der Waals surface area (Å²) in [5.74, 6) is -1.06. The van der Waals surface area contributed by atoms with E-state index < -0.39 is 5.97 Å². The van der Waals surface area contributed by atoms with Crippen LogP contribution in [-0.4, -0.2) is 25.7 Å². The first-order valence-electron chi connectivity index (χ1n) is 5.49. The van der Waals surface area contributed by atoms with Crippen molar-refractivity contribution in [2.24, 2.45) is 0 Å². The maximum atomic E-state index is 11.2. The van der Waals surface area contributed by atoms with E-state index >= 15 is 0 Å². The maximum Gasteiger partial charge on any atom is 0.354 e. The minimum absolute atomic E-state index is 0.0602. The van der Waals surface area contributed by atoms with Gasteiger partial charge in [-0.2, -0.15) is 5.10 Å². The Balaban J connectivity index is 2.27. The van der Waals surface area contributed by atoms with Gasteiger partial charge in [-0.15, -0.1) is 0 Å². The molecule has 0 fully saturated rings. The minimum atomic E-state index is -1.06. The summed E-state index contributed by atoms with van der Waals surface area (Å²) in [7, 11) is 0. The van der Waals surface area contributed by atoms with E-state index in [9.17, 15) is 9.90 Å². The topological polar surface area (TPSA) is 67.5 Å². The van der Waals surface area contributed by atoms with Gasteiger partial charge in [0.1, 0.15) is 0 Å². The first-order chi connectivity index (χ1) is 9.15. The van der Waals surface area contributed by atoms with E-state index in [0.717, 1.165) is 5.56 Å². The van der Waals surface area contributed by atoms with Gasteiger partial charge in [0, 0.05) is 16.7 Å². The molecule has 0 spiro atoms. The number of aromatic nitrogens is 3. The second kappa shape index (κ2) is 4.37. The molecule has 0 unspecified atom stereocenters. The fourth-order valence-electron chi connectivity index (χ4n) is 1.86. The average Bonchev–Trinajstić information content (AvgIpc) is 2.85. The molecule has 3 aromatic rings. The number of fused-ring (bicyclic) bond motifs is 1. The van der Waals surface area contributed by atoms with Crippen LogP contribution in [0.3, 0.4) is 0 Å². The third-order valence-corrected chi connectivity index (χ3v) is 2.93. The summed E-state index contributed by atoms with van der Waals surface area (Å²) in [6, 6.07) is 10.2. The molecule has 0 aliphatic rings. The van der Waals surface area contributed by atoms with E-state index in [2.05, 4.69) is 10.1 Å². The quantitative estimate of drug-likeness (QED) is 0.779. The van der Waals surface area contributed by atoms with Crippen molar-refractivity contribution in [2.45, 2.75) is 0 Å². The zero-order valence-electron chi connectivity index (χ0n) is 9.62. The van der Waals surface area contributed by atoms with Gasteiger partial charge in [-0.1, -0.05) is 23.7 Å². The van der Waals surface area contributed by atoms with Crippen LogP contribution in [0.4, 0.5) is 0 Å². The summed E-state index contributed by atoms with van der Waals surface area (Å²) in [5.41, 5.74) is 1.85. The lowest BCUT2D eigenvalue weighted by atomic mass is 10.1. The predicted molar refractivity (Wildman–Crippen MR) is 70.4 cm³/mol. The third kappa shape index (κ3) is 2.04. The fraction of sp³-hybridized carbons (Fsp3) is 0. The molecular formula is C13H8ClN3O2. The lowest BCUT2D eigenvalue weighted by molar-refractivity contribution is 0.0687. The number of rotatable bonds is 2. The van der Waals surface area contributed by atoms with Crippen molar-refractivity contribution in [3.8, 4) is 11.3 Å². The zero-order chi connectivity index (χ0) is 13.4. The second-order valence-electron chi connectivity index (χ2n) is 3.94. The number of carbonyl (C=O) groups is 1. The van der Waals surface area contributed by atoms with Crippen LogP contribution in [-0.2, 0) is 0 Å². The number of carboxylic acid groups (broad SMARTS) is 1. The Bertz CT molecular complexity index is 782. The Kier molecular flexibility index (Phi) is 2.68. The number of hydrogen-bond acceptors (Lipinski definition) is 3. The second-order valence-corrected chi connectivity index (χ2v) is 4.38. The predicted octanol–water partition coefficient (Wildman–Crippen LogP) is 2.75. The summed E-state index contributed by atoms with van der Waals surface area (Å²) in [4.78, 5) is 15.6. The molecule has 0 saturated carbocycles. The van der Waals surface area contributed by atoms with Gasteiger partial charge in [0.25, 0.3) is 0 Å². The molecule has 3 rings (SSSR count). The van der Waals surface area contributed by atoms with Gasteiger partial charge in [0.05, 0.1) is 11.9 Å². The number of benzene rings is 1. The van der Waals surface area contributed by atoms with Crippen molar-refractivity contribution in [1.29, 1.82) is 0 Å². The van der Waals surface area contributed by atoms with Crippen LogP contribution in [0.1, 0.15) is 10.5 Å². The molecule has 0 aliphatic carbocycles. The molecule has 2 heterocycles. The minimum Gasteiger partial charge on any atom is -0.477 e. The molecule has 19 heavy (non-hydrogen) atoms. The van der Waals surface area contributed by atoms with Crippen LogP contribution in [0, 0.1) is 0 Å². The molecule has 0 saturated heterocycles. The van der Waals surface area contributed by atoms with Crippen molar-refractivity contribution in [1.82, 2.24) is 14.6 Å². The fourth-order valence-corrected chi connectivity index (χ4v) is 2.05. The third-order valence-electron chi connectivity index (χ3n) is 2.70. The van der Waals surface area contributed by atoms with Crippen molar-refractivity contribution in [3.63, 3.8) is 0 Å². The molecular weight excluding hydrogens is 266 g/mol. The SMILES string of the molecule is O=C(O)c1cc(-c2cccc(Cl)c2)nc2ccnn12. The van der Waals surface area contributed by atoms with E-state index in [4.69, 9.17) is 11.6 Å². The molecule has 0 aliphatic heterocycles. The lowest BCUT2D eigenvalue weighted by Crippen LogP contribution is -2.08. The van der Waals surface area contributed by atoms with Crippen molar-refractivity contribution in [3.05, 3.63) is 53.3 Å². The number of nitrogens with zero attached hydrogens (tertiary/aromatic N) is 3. The van der Waals surface area contributed by atoms with Crippen molar-refractivity contribution >= 4 is 23.2 Å². The van der Waals surface area contributed by atoms with Crippen LogP contribution in [0.5, 0.6) is 0 Å². The molecule has 0 bridgehead atoms. The molecule has 0 atom stereocenters. The monoisotopic (exact) mass is 273 g/mol. The smallest absolute Gasteiger partial charge is 0.354 e. The van der Waals surface area contributed by atoms with Gasteiger partial charge in [-0.3, -0.25) is 0 Å². The molecule has 94 valence electrons. The molecule has 2 aromatic heterocycles. The van der Waals surface area contributed by atoms with Crippen LogP contribution in [0.2, 0.25) is 5.02 Å². The normalized spacial score (nSPS) is 10.8. The summed E-state index contributed by atoms with van der Waals surface area (Å²) in [6.45, 7) is 0. The first kappa shape index (κ1) is 11.7. The van der Waals surface area contributed by atoms with E-state index in [1.807, 2.05) is 6.07 Å². The van der Waals surface area contributed by atoms with Crippen molar-refractivity contribution < 1.29 is 9.90 Å². The van der Waals surface area contributed by atoms with E-state index in [-0.39, 0.29) is 5.69 Å². The summed E-state index contributed by atoms with van der Waals surface area (Å²) in [5, 5.41) is 13.7. The van der Waals surface area contributed by atoms with Gasteiger partial charge in [0.15, 0.2) is 11.3 Å². The van der Waals surface area contributed by atoms with E-state index in [1.165, 1.54) is 16.8 Å². The Labute approximate surface area is 113 Å². The number of carboxylic acids is 1. The van der Waals surface area contributed by atoms with Gasteiger partial charge in [0.2, 0.25) is 0 Å². The number of halogens is 1. The number of hydrogen-bond donors (Lipinski definition) is 1. The Hall–Kier alpha value is -2.40. The molecule has 0 radical (unpaired) electrons. The van der Waals surface area contributed by atoms with Gasteiger partial charge in [-0.25, -0.2) is 14.3 Å². The Morgan fingerprint density at radius 2 is 2.11 bits per heavy atom.